The highest BCUT2D eigenvalue weighted by atomic mass is 35.5. The lowest BCUT2D eigenvalue weighted by Gasteiger charge is -2.17. The van der Waals surface area contributed by atoms with E-state index >= 15 is 0 Å². The van der Waals surface area contributed by atoms with Crippen LogP contribution in [0, 0.1) is 17.2 Å². The number of hydrogen-bond acceptors (Lipinski definition) is 6. The van der Waals surface area contributed by atoms with Gasteiger partial charge < -0.3 is 19.4 Å². The molecule has 1 aromatic heterocycles. The van der Waals surface area contributed by atoms with Gasteiger partial charge in [-0.3, -0.25) is 14.4 Å². The summed E-state index contributed by atoms with van der Waals surface area (Å²) in [5.74, 6) is -1.34. The number of nitrogens with one attached hydrogen (secondary N) is 1. The van der Waals surface area contributed by atoms with Gasteiger partial charge in [0.25, 0.3) is 5.91 Å². The SMILES string of the molecule is C[C@H](OC(=O)[C@@H]1CC(=O)N(Cc2ccco2)C1)C(=O)Nc1ccc(C#N)c(Cl)c1. The molecular weight excluding hydrogens is 398 g/mol. The van der Waals surface area contributed by atoms with Crippen LogP contribution in [0.25, 0.3) is 0 Å². The number of carbonyl (C=O) groups is 3. The summed E-state index contributed by atoms with van der Waals surface area (Å²) < 4.78 is 10.5. The maximum absolute atomic E-state index is 12.4. The molecule has 8 nitrogen and oxygen atoms in total. The minimum absolute atomic E-state index is 0.0269. The summed E-state index contributed by atoms with van der Waals surface area (Å²) in [4.78, 5) is 38.3. The van der Waals surface area contributed by atoms with Crippen LogP contribution in [0.5, 0.6) is 0 Å². The molecule has 0 saturated carbocycles. The molecule has 0 spiro atoms. The number of carbonyl (C=O) groups excluding carboxylic acids is 3. The van der Waals surface area contributed by atoms with E-state index in [9.17, 15) is 14.4 Å². The molecule has 1 aliphatic heterocycles. The number of rotatable bonds is 6. The monoisotopic (exact) mass is 415 g/mol. The van der Waals surface area contributed by atoms with Crippen molar-refractivity contribution in [2.45, 2.75) is 26.0 Å². The van der Waals surface area contributed by atoms with Gasteiger partial charge >= 0.3 is 5.97 Å². The molecule has 2 heterocycles. The van der Waals surface area contributed by atoms with Crippen LogP contribution in [0.15, 0.2) is 41.0 Å². The van der Waals surface area contributed by atoms with Gasteiger partial charge in [-0.05, 0) is 37.3 Å². The molecule has 3 rings (SSSR count). The third kappa shape index (κ3) is 4.95. The third-order valence-corrected chi connectivity index (χ3v) is 4.81. The maximum atomic E-state index is 12.4. The van der Waals surface area contributed by atoms with Crippen molar-refractivity contribution in [3.63, 3.8) is 0 Å². The van der Waals surface area contributed by atoms with Crippen molar-refractivity contribution in [2.75, 3.05) is 11.9 Å². The van der Waals surface area contributed by atoms with E-state index in [0.29, 0.717) is 11.4 Å². The summed E-state index contributed by atoms with van der Waals surface area (Å²) in [6.07, 6.45) is 0.480. The van der Waals surface area contributed by atoms with Crippen LogP contribution in [-0.4, -0.2) is 35.3 Å². The number of esters is 1. The van der Waals surface area contributed by atoms with E-state index in [1.165, 1.54) is 36.3 Å². The predicted octanol–water partition coefficient (Wildman–Crippen LogP) is 2.72. The van der Waals surface area contributed by atoms with Crippen LogP contribution >= 0.6 is 11.6 Å². The third-order valence-electron chi connectivity index (χ3n) is 4.49. The van der Waals surface area contributed by atoms with E-state index in [-0.39, 0.29) is 36.0 Å². The first-order chi connectivity index (χ1) is 13.9. The van der Waals surface area contributed by atoms with Gasteiger partial charge in [0, 0.05) is 18.7 Å². The molecular formula is C20H18ClN3O5. The summed E-state index contributed by atoms with van der Waals surface area (Å²) in [6.45, 7) is 1.93. The van der Waals surface area contributed by atoms with Crippen LogP contribution in [0.3, 0.4) is 0 Å². The maximum Gasteiger partial charge on any atom is 0.312 e. The first-order valence-electron chi connectivity index (χ1n) is 8.88. The van der Waals surface area contributed by atoms with Gasteiger partial charge in [-0.1, -0.05) is 11.6 Å². The number of amides is 2. The predicted molar refractivity (Wildman–Crippen MR) is 103 cm³/mol. The standard InChI is InChI=1S/C20H18ClN3O5/c1-12(19(26)23-15-5-4-13(9-22)17(21)8-15)29-20(27)14-7-18(25)24(10-14)11-16-3-2-6-28-16/h2-6,8,12,14H,7,10-11H2,1H3,(H,23,26)/t12-,14+/m0/s1. The Kier molecular flexibility index (Phi) is 6.20. The molecule has 2 aromatic rings. The average Bonchev–Trinajstić information content (AvgIpc) is 3.32. The molecule has 0 radical (unpaired) electrons. The van der Waals surface area contributed by atoms with Gasteiger partial charge in [0.1, 0.15) is 11.8 Å². The number of anilines is 1. The smallest absolute Gasteiger partial charge is 0.312 e. The quantitative estimate of drug-likeness (QED) is 0.726. The number of likely N-dealkylation sites (tertiary alicyclic amines) is 1. The van der Waals surface area contributed by atoms with Gasteiger partial charge in [-0.25, -0.2) is 0 Å². The highest BCUT2D eigenvalue weighted by molar-refractivity contribution is 6.32. The van der Waals surface area contributed by atoms with Crippen molar-refractivity contribution < 1.29 is 23.5 Å². The molecule has 1 aliphatic rings. The molecule has 0 bridgehead atoms. The van der Waals surface area contributed by atoms with Gasteiger partial charge in [0.2, 0.25) is 5.91 Å². The van der Waals surface area contributed by atoms with Crippen molar-refractivity contribution >= 4 is 35.1 Å². The van der Waals surface area contributed by atoms with Gasteiger partial charge in [0.05, 0.1) is 29.3 Å². The zero-order valence-corrected chi connectivity index (χ0v) is 16.3. The lowest BCUT2D eigenvalue weighted by molar-refractivity contribution is -0.157. The summed E-state index contributed by atoms with van der Waals surface area (Å²) in [5, 5.41) is 11.7. The second-order valence-electron chi connectivity index (χ2n) is 6.63. The largest absolute Gasteiger partial charge is 0.467 e. The Morgan fingerprint density at radius 2 is 2.24 bits per heavy atom. The Morgan fingerprint density at radius 3 is 2.90 bits per heavy atom. The van der Waals surface area contributed by atoms with Gasteiger partial charge in [-0.15, -0.1) is 0 Å². The second kappa shape index (κ2) is 8.80. The molecule has 1 saturated heterocycles. The minimum atomic E-state index is -1.06. The lowest BCUT2D eigenvalue weighted by Crippen LogP contribution is -2.33. The van der Waals surface area contributed by atoms with Crippen molar-refractivity contribution in [3.05, 3.63) is 52.9 Å². The van der Waals surface area contributed by atoms with Gasteiger partial charge in [-0.2, -0.15) is 5.26 Å². The van der Waals surface area contributed by atoms with E-state index in [1.807, 2.05) is 6.07 Å². The Labute approximate surface area is 172 Å². The van der Waals surface area contributed by atoms with Crippen molar-refractivity contribution in [2.24, 2.45) is 5.92 Å². The van der Waals surface area contributed by atoms with Crippen molar-refractivity contribution in [3.8, 4) is 6.07 Å². The molecule has 1 N–H and O–H groups in total. The summed E-state index contributed by atoms with van der Waals surface area (Å²) >= 11 is 5.94. The van der Waals surface area contributed by atoms with E-state index in [1.54, 1.807) is 12.1 Å². The Bertz CT molecular complexity index is 967. The van der Waals surface area contributed by atoms with E-state index in [2.05, 4.69) is 5.32 Å². The van der Waals surface area contributed by atoms with Crippen LogP contribution in [-0.2, 0) is 25.7 Å². The minimum Gasteiger partial charge on any atom is -0.467 e. The zero-order chi connectivity index (χ0) is 21.0. The highest BCUT2D eigenvalue weighted by Gasteiger charge is 2.36. The number of halogens is 1. The molecule has 0 unspecified atom stereocenters. The molecule has 9 heteroatoms. The molecule has 2 amide bonds. The topological polar surface area (TPSA) is 113 Å². The molecule has 0 aliphatic carbocycles. The van der Waals surface area contributed by atoms with E-state index in [4.69, 9.17) is 26.0 Å². The van der Waals surface area contributed by atoms with Crippen LogP contribution in [0.4, 0.5) is 5.69 Å². The number of hydrogen-bond donors (Lipinski definition) is 1. The summed E-state index contributed by atoms with van der Waals surface area (Å²) in [6, 6.07) is 9.85. The molecule has 2 atom stereocenters. The fraction of sp³-hybridized carbons (Fsp3) is 0.300. The number of furan rings is 1. The van der Waals surface area contributed by atoms with Crippen LogP contribution in [0.2, 0.25) is 5.02 Å². The highest BCUT2D eigenvalue weighted by Crippen LogP contribution is 2.23. The lowest BCUT2D eigenvalue weighted by atomic mass is 10.1. The zero-order valence-electron chi connectivity index (χ0n) is 15.6. The summed E-state index contributed by atoms with van der Waals surface area (Å²) in [7, 11) is 0. The second-order valence-corrected chi connectivity index (χ2v) is 7.04. The number of nitriles is 1. The fourth-order valence-corrected chi connectivity index (χ4v) is 3.15. The Morgan fingerprint density at radius 1 is 1.45 bits per heavy atom. The van der Waals surface area contributed by atoms with Crippen LogP contribution < -0.4 is 5.32 Å². The normalized spacial score (nSPS) is 16.9. The average molecular weight is 416 g/mol. The van der Waals surface area contributed by atoms with E-state index in [0.717, 1.165) is 0 Å². The number of benzene rings is 1. The van der Waals surface area contributed by atoms with Crippen LogP contribution in [0.1, 0.15) is 24.7 Å². The number of nitrogens with zero attached hydrogens (tertiary/aromatic N) is 2. The van der Waals surface area contributed by atoms with Crippen molar-refractivity contribution in [1.29, 1.82) is 5.26 Å². The molecule has 1 aromatic carbocycles. The first-order valence-corrected chi connectivity index (χ1v) is 9.26. The molecule has 150 valence electrons. The molecule has 29 heavy (non-hydrogen) atoms. The fourth-order valence-electron chi connectivity index (χ4n) is 2.92. The summed E-state index contributed by atoms with van der Waals surface area (Å²) in [5.41, 5.74) is 0.664. The first kappa shape index (κ1) is 20.4. The van der Waals surface area contributed by atoms with E-state index < -0.39 is 23.9 Å². The van der Waals surface area contributed by atoms with Gasteiger partial charge in [0.15, 0.2) is 6.10 Å². The number of ether oxygens (including phenoxy) is 1. The van der Waals surface area contributed by atoms with Crippen molar-refractivity contribution in [1.82, 2.24) is 4.90 Å². The Balaban J connectivity index is 1.53. The molecule has 1 fully saturated rings. The Hall–Kier alpha value is -3.31.